The molecule has 158 valence electrons. The molecular weight excluding hydrogens is 417 g/mol. The van der Waals surface area contributed by atoms with Gasteiger partial charge < -0.3 is 4.74 Å². The van der Waals surface area contributed by atoms with Crippen molar-refractivity contribution in [1.82, 2.24) is 16.2 Å². The molecule has 6 nitrogen and oxygen atoms in total. The summed E-state index contributed by atoms with van der Waals surface area (Å²) in [6.07, 6.45) is 0.779. The van der Waals surface area contributed by atoms with E-state index < -0.39 is 17.6 Å². The molecule has 0 bridgehead atoms. The molecule has 0 spiro atoms. The first-order valence-corrected chi connectivity index (χ1v) is 9.87. The Morgan fingerprint density at radius 3 is 2.23 bits per heavy atom. The van der Waals surface area contributed by atoms with Crippen molar-refractivity contribution in [2.75, 3.05) is 6.61 Å². The minimum Gasteiger partial charge on any atom is -0.493 e. The van der Waals surface area contributed by atoms with Gasteiger partial charge in [-0.05, 0) is 54.2 Å². The van der Waals surface area contributed by atoms with Crippen LogP contribution >= 0.6 is 12.2 Å². The zero-order valence-corrected chi connectivity index (χ0v) is 17.2. The van der Waals surface area contributed by atoms with Crippen molar-refractivity contribution >= 4 is 29.1 Å². The molecule has 0 aromatic heterocycles. The first-order valence-electron chi connectivity index (χ1n) is 9.46. The van der Waals surface area contributed by atoms with Crippen LogP contribution in [0.15, 0.2) is 78.9 Å². The number of ether oxygens (including phenoxy) is 1. The molecule has 2 amide bonds. The highest BCUT2D eigenvalue weighted by Crippen LogP contribution is 2.13. The lowest BCUT2D eigenvalue weighted by Gasteiger charge is -2.11. The summed E-state index contributed by atoms with van der Waals surface area (Å²) < 4.78 is 19.3. The molecule has 0 aliphatic heterocycles. The van der Waals surface area contributed by atoms with Gasteiger partial charge in [-0.3, -0.25) is 25.8 Å². The number of rotatable bonds is 6. The lowest BCUT2D eigenvalue weighted by molar-refractivity contribution is 0.0931. The Kier molecular flexibility index (Phi) is 7.67. The highest BCUT2D eigenvalue weighted by molar-refractivity contribution is 7.80. The fourth-order valence-corrected chi connectivity index (χ4v) is 2.81. The zero-order chi connectivity index (χ0) is 22.1. The summed E-state index contributed by atoms with van der Waals surface area (Å²) in [5.74, 6) is -1.20. The van der Waals surface area contributed by atoms with Gasteiger partial charge in [0, 0.05) is 12.0 Å². The largest absolute Gasteiger partial charge is 0.493 e. The molecule has 0 heterocycles. The number of thiocarbonyl (C=S) groups is 1. The second-order valence-corrected chi connectivity index (χ2v) is 6.86. The highest BCUT2D eigenvalue weighted by atomic mass is 32.1. The molecule has 3 N–H and O–H groups in total. The number of nitrogens with one attached hydrogen (secondary N) is 3. The Bertz CT molecular complexity index is 1060. The molecular formula is C23H20FN3O3S. The maximum Gasteiger partial charge on any atom is 0.272 e. The zero-order valence-electron chi connectivity index (χ0n) is 16.4. The smallest absolute Gasteiger partial charge is 0.272 e. The normalized spacial score (nSPS) is 10.1. The SMILES string of the molecule is O=C(NC(=S)NNC(=O)c1ccccc1F)c1ccc(OCCc2ccccc2)cc1. The van der Waals surface area contributed by atoms with Crippen LogP contribution in [0.3, 0.4) is 0 Å². The van der Waals surface area contributed by atoms with Crippen LogP contribution in [0, 0.1) is 5.82 Å². The van der Waals surface area contributed by atoms with Crippen LogP contribution in [0.1, 0.15) is 26.3 Å². The van der Waals surface area contributed by atoms with Crippen LogP contribution < -0.4 is 20.9 Å². The van der Waals surface area contributed by atoms with Crippen molar-refractivity contribution in [3.63, 3.8) is 0 Å². The van der Waals surface area contributed by atoms with E-state index in [2.05, 4.69) is 16.2 Å². The van der Waals surface area contributed by atoms with Crippen LogP contribution in [0.25, 0.3) is 0 Å². The first kappa shape index (κ1) is 21.9. The van der Waals surface area contributed by atoms with E-state index in [1.165, 1.54) is 29.8 Å². The summed E-state index contributed by atoms with van der Waals surface area (Å²) in [5.41, 5.74) is 6.01. The quantitative estimate of drug-likeness (QED) is 0.407. The van der Waals surface area contributed by atoms with Gasteiger partial charge in [0.2, 0.25) is 0 Å². The van der Waals surface area contributed by atoms with Crippen LogP contribution in [0.2, 0.25) is 0 Å². The lowest BCUT2D eigenvalue weighted by Crippen LogP contribution is -2.48. The molecule has 0 aliphatic carbocycles. The van der Waals surface area contributed by atoms with Crippen molar-refractivity contribution in [3.05, 3.63) is 101 Å². The summed E-state index contributed by atoms with van der Waals surface area (Å²) in [5, 5.41) is 2.31. The Hall–Kier alpha value is -3.78. The fraction of sp³-hybridized carbons (Fsp3) is 0.0870. The lowest BCUT2D eigenvalue weighted by atomic mass is 10.2. The molecule has 0 atom stereocenters. The maximum absolute atomic E-state index is 13.6. The van der Waals surface area contributed by atoms with Crippen LogP contribution in [0.4, 0.5) is 4.39 Å². The number of carbonyl (C=O) groups excluding carboxylic acids is 2. The second-order valence-electron chi connectivity index (χ2n) is 6.45. The van der Waals surface area contributed by atoms with E-state index in [9.17, 15) is 14.0 Å². The third-order valence-corrected chi connectivity index (χ3v) is 4.46. The number of hydrogen-bond donors (Lipinski definition) is 3. The van der Waals surface area contributed by atoms with Crippen molar-refractivity contribution in [3.8, 4) is 5.75 Å². The first-order chi connectivity index (χ1) is 15.0. The Morgan fingerprint density at radius 1 is 0.839 bits per heavy atom. The summed E-state index contributed by atoms with van der Waals surface area (Å²) in [6, 6.07) is 22.1. The van der Waals surface area contributed by atoms with Gasteiger partial charge in [0.15, 0.2) is 5.11 Å². The van der Waals surface area contributed by atoms with Crippen molar-refractivity contribution in [1.29, 1.82) is 0 Å². The number of halogens is 1. The van der Waals surface area contributed by atoms with E-state index in [1.807, 2.05) is 30.3 Å². The van der Waals surface area contributed by atoms with Crippen molar-refractivity contribution in [2.24, 2.45) is 0 Å². The summed E-state index contributed by atoms with van der Waals surface area (Å²) >= 11 is 4.98. The molecule has 0 radical (unpaired) electrons. The minimum atomic E-state index is -0.716. The van der Waals surface area contributed by atoms with E-state index in [-0.39, 0.29) is 10.7 Å². The number of amides is 2. The monoisotopic (exact) mass is 437 g/mol. The summed E-state index contributed by atoms with van der Waals surface area (Å²) in [6.45, 7) is 0.519. The van der Waals surface area contributed by atoms with Crippen LogP contribution in [0.5, 0.6) is 5.75 Å². The van der Waals surface area contributed by atoms with E-state index in [1.54, 1.807) is 24.3 Å². The van der Waals surface area contributed by atoms with Crippen LogP contribution in [-0.4, -0.2) is 23.5 Å². The molecule has 3 aromatic rings. The molecule has 3 aromatic carbocycles. The number of benzene rings is 3. The van der Waals surface area contributed by atoms with Gasteiger partial charge in [0.25, 0.3) is 11.8 Å². The molecule has 8 heteroatoms. The molecule has 31 heavy (non-hydrogen) atoms. The molecule has 3 rings (SSSR count). The molecule has 0 fully saturated rings. The van der Waals surface area contributed by atoms with E-state index in [4.69, 9.17) is 17.0 Å². The van der Waals surface area contributed by atoms with Crippen LogP contribution in [-0.2, 0) is 6.42 Å². The van der Waals surface area contributed by atoms with E-state index in [0.717, 1.165) is 6.42 Å². The molecule has 0 unspecified atom stereocenters. The van der Waals surface area contributed by atoms with Gasteiger partial charge in [-0.1, -0.05) is 42.5 Å². The third-order valence-electron chi connectivity index (χ3n) is 4.25. The van der Waals surface area contributed by atoms with Gasteiger partial charge in [0.1, 0.15) is 11.6 Å². The van der Waals surface area contributed by atoms with Crippen molar-refractivity contribution < 1.29 is 18.7 Å². The number of hydrogen-bond acceptors (Lipinski definition) is 4. The Balaban J connectivity index is 1.43. The highest BCUT2D eigenvalue weighted by Gasteiger charge is 2.12. The van der Waals surface area contributed by atoms with Crippen molar-refractivity contribution in [2.45, 2.75) is 6.42 Å². The van der Waals surface area contributed by atoms with Gasteiger partial charge >= 0.3 is 0 Å². The topological polar surface area (TPSA) is 79.5 Å². The fourth-order valence-electron chi connectivity index (χ4n) is 2.67. The Morgan fingerprint density at radius 2 is 1.52 bits per heavy atom. The number of hydrazine groups is 1. The summed E-state index contributed by atoms with van der Waals surface area (Å²) in [4.78, 5) is 24.2. The third kappa shape index (κ3) is 6.61. The van der Waals surface area contributed by atoms with Gasteiger partial charge in [-0.15, -0.1) is 0 Å². The summed E-state index contributed by atoms with van der Waals surface area (Å²) in [7, 11) is 0. The van der Waals surface area contributed by atoms with Gasteiger partial charge in [-0.25, -0.2) is 4.39 Å². The second kappa shape index (κ2) is 10.8. The standard InChI is InChI=1S/C23H20FN3O3S/c24-20-9-5-4-8-19(20)22(29)26-27-23(31)25-21(28)17-10-12-18(13-11-17)30-15-14-16-6-2-1-3-7-16/h1-13H,14-15H2,(H,26,29)(H2,25,27,28,31). The molecule has 0 aliphatic rings. The van der Waals surface area contributed by atoms with E-state index in [0.29, 0.717) is 17.9 Å². The maximum atomic E-state index is 13.6. The predicted octanol–water partition coefficient (Wildman–Crippen LogP) is 3.40. The molecule has 0 saturated carbocycles. The Labute approximate surface area is 184 Å². The minimum absolute atomic E-state index is 0.127. The predicted molar refractivity (Wildman–Crippen MR) is 119 cm³/mol. The molecule has 0 saturated heterocycles. The van der Waals surface area contributed by atoms with Gasteiger partial charge in [0.05, 0.1) is 12.2 Å². The van der Waals surface area contributed by atoms with Gasteiger partial charge in [-0.2, -0.15) is 0 Å². The average Bonchev–Trinajstić information content (AvgIpc) is 2.79. The van der Waals surface area contributed by atoms with E-state index >= 15 is 0 Å². The average molecular weight is 437 g/mol. The number of carbonyl (C=O) groups is 2.